The summed E-state index contributed by atoms with van der Waals surface area (Å²) >= 11 is 0. The maximum Gasteiger partial charge on any atom is 0.101 e. The zero-order valence-electron chi connectivity index (χ0n) is 10.9. The molecule has 2 rings (SSSR count). The number of aryl methyl sites for hydroxylation is 2. The van der Waals surface area contributed by atoms with Gasteiger partial charge in [-0.1, -0.05) is 13.0 Å². The molecule has 0 amide bonds. The fourth-order valence-corrected chi connectivity index (χ4v) is 2.00. The maximum atomic E-state index is 10.3. The molecule has 4 heteroatoms. The quantitative estimate of drug-likeness (QED) is 0.878. The van der Waals surface area contributed by atoms with Crippen LogP contribution in [0.4, 0.5) is 0 Å². The maximum absolute atomic E-state index is 10.3. The number of pyridine rings is 1. The summed E-state index contributed by atoms with van der Waals surface area (Å²) in [5, 5.41) is 14.7. The van der Waals surface area contributed by atoms with Gasteiger partial charge in [0.25, 0.3) is 0 Å². The molecule has 0 bridgehead atoms. The minimum Gasteiger partial charge on any atom is -0.386 e. The zero-order valence-corrected chi connectivity index (χ0v) is 10.9. The second-order valence-electron chi connectivity index (χ2n) is 4.27. The number of hydrogen-bond acceptors (Lipinski definition) is 3. The fourth-order valence-electron chi connectivity index (χ4n) is 2.00. The van der Waals surface area contributed by atoms with Crippen LogP contribution in [-0.4, -0.2) is 19.9 Å². The van der Waals surface area contributed by atoms with Crippen LogP contribution in [0.15, 0.2) is 30.5 Å². The van der Waals surface area contributed by atoms with E-state index in [9.17, 15) is 5.11 Å². The minimum atomic E-state index is -0.548. The Bertz CT molecular complexity index is 493. The molecule has 1 unspecified atom stereocenters. The number of rotatable bonds is 5. The van der Waals surface area contributed by atoms with Crippen molar-refractivity contribution < 1.29 is 5.11 Å². The highest BCUT2D eigenvalue weighted by Gasteiger charge is 2.15. The van der Waals surface area contributed by atoms with Crippen molar-refractivity contribution >= 4 is 0 Å². The van der Waals surface area contributed by atoms with Crippen molar-refractivity contribution in [1.29, 1.82) is 0 Å². The molecule has 0 saturated carbocycles. The van der Waals surface area contributed by atoms with E-state index in [4.69, 9.17) is 0 Å². The van der Waals surface area contributed by atoms with E-state index in [0.29, 0.717) is 6.42 Å². The van der Waals surface area contributed by atoms with Gasteiger partial charge in [0, 0.05) is 24.9 Å². The molecule has 0 aliphatic heterocycles. The van der Waals surface area contributed by atoms with E-state index in [1.807, 2.05) is 35.9 Å². The van der Waals surface area contributed by atoms with E-state index in [0.717, 1.165) is 30.0 Å². The molecule has 2 aromatic rings. The summed E-state index contributed by atoms with van der Waals surface area (Å²) in [4.78, 5) is 4.24. The molecule has 2 heterocycles. The third-order valence-electron chi connectivity index (χ3n) is 2.99. The van der Waals surface area contributed by atoms with Crippen LogP contribution in [0, 0.1) is 0 Å². The van der Waals surface area contributed by atoms with E-state index in [1.54, 1.807) is 6.20 Å². The highest BCUT2D eigenvalue weighted by molar-refractivity contribution is 5.16. The van der Waals surface area contributed by atoms with Gasteiger partial charge < -0.3 is 5.11 Å². The molecule has 0 radical (unpaired) electrons. The summed E-state index contributed by atoms with van der Waals surface area (Å²) in [7, 11) is 0. The normalized spacial score (nSPS) is 12.6. The Morgan fingerprint density at radius 2 is 2.11 bits per heavy atom. The van der Waals surface area contributed by atoms with Crippen LogP contribution in [0.25, 0.3) is 0 Å². The Labute approximate surface area is 107 Å². The molecule has 1 N–H and O–H groups in total. The predicted molar refractivity (Wildman–Crippen MR) is 70.2 cm³/mol. The molecule has 2 aromatic heterocycles. The van der Waals surface area contributed by atoms with Crippen LogP contribution in [0.5, 0.6) is 0 Å². The number of aliphatic hydroxyl groups excluding tert-OH is 1. The first-order chi connectivity index (χ1) is 8.74. The molecule has 96 valence electrons. The van der Waals surface area contributed by atoms with Crippen LogP contribution >= 0.6 is 0 Å². The minimum absolute atomic E-state index is 0.523. The lowest BCUT2D eigenvalue weighted by Crippen LogP contribution is -2.10. The van der Waals surface area contributed by atoms with E-state index < -0.39 is 6.10 Å². The Morgan fingerprint density at radius 3 is 2.72 bits per heavy atom. The molecule has 1 atom stereocenters. The van der Waals surface area contributed by atoms with Gasteiger partial charge in [-0.3, -0.25) is 9.67 Å². The monoisotopic (exact) mass is 245 g/mol. The zero-order chi connectivity index (χ0) is 13.0. The van der Waals surface area contributed by atoms with Crippen molar-refractivity contribution in [3.05, 3.63) is 47.5 Å². The third kappa shape index (κ3) is 2.76. The van der Waals surface area contributed by atoms with Crippen molar-refractivity contribution in [1.82, 2.24) is 14.8 Å². The Morgan fingerprint density at radius 1 is 1.28 bits per heavy atom. The second kappa shape index (κ2) is 5.78. The average Bonchev–Trinajstić information content (AvgIpc) is 2.83. The molecular weight excluding hydrogens is 226 g/mol. The standard InChI is InChI=1S/C14H19N3O/c1-3-11-9-13(17(4-2)16-11)14(18)10-12-7-5-6-8-15-12/h5-9,14,18H,3-4,10H2,1-2H3. The van der Waals surface area contributed by atoms with Crippen molar-refractivity contribution in [2.24, 2.45) is 0 Å². The van der Waals surface area contributed by atoms with Gasteiger partial charge >= 0.3 is 0 Å². The van der Waals surface area contributed by atoms with Gasteiger partial charge in [-0.05, 0) is 31.5 Å². The summed E-state index contributed by atoms with van der Waals surface area (Å²) < 4.78 is 1.87. The van der Waals surface area contributed by atoms with Gasteiger partial charge in [-0.25, -0.2) is 0 Å². The summed E-state index contributed by atoms with van der Waals surface area (Å²) in [5.41, 5.74) is 2.79. The number of aromatic nitrogens is 3. The Hall–Kier alpha value is -1.68. The third-order valence-corrected chi connectivity index (χ3v) is 2.99. The van der Waals surface area contributed by atoms with Crippen molar-refractivity contribution in [3.8, 4) is 0 Å². The fraction of sp³-hybridized carbons (Fsp3) is 0.429. The van der Waals surface area contributed by atoms with Gasteiger partial charge in [0.15, 0.2) is 0 Å². The first-order valence-corrected chi connectivity index (χ1v) is 6.39. The van der Waals surface area contributed by atoms with Gasteiger partial charge in [0.2, 0.25) is 0 Å². The Kier molecular flexibility index (Phi) is 4.10. The number of nitrogens with zero attached hydrogens (tertiary/aromatic N) is 3. The van der Waals surface area contributed by atoms with Crippen molar-refractivity contribution in [2.75, 3.05) is 0 Å². The Balaban J connectivity index is 2.17. The highest BCUT2D eigenvalue weighted by atomic mass is 16.3. The summed E-state index contributed by atoms with van der Waals surface area (Å²) in [5.74, 6) is 0. The molecule has 0 aliphatic carbocycles. The molecule has 0 aliphatic rings. The first kappa shape index (κ1) is 12.8. The van der Waals surface area contributed by atoms with Gasteiger partial charge in [0.05, 0.1) is 11.4 Å². The van der Waals surface area contributed by atoms with Crippen LogP contribution in [0.1, 0.15) is 37.0 Å². The first-order valence-electron chi connectivity index (χ1n) is 6.39. The predicted octanol–water partition coefficient (Wildman–Crippen LogP) is 2.14. The van der Waals surface area contributed by atoms with Crippen LogP contribution in [0.3, 0.4) is 0 Å². The number of hydrogen-bond donors (Lipinski definition) is 1. The van der Waals surface area contributed by atoms with E-state index in [2.05, 4.69) is 17.0 Å². The summed E-state index contributed by atoms with van der Waals surface area (Å²) in [6, 6.07) is 7.72. The molecular formula is C14H19N3O. The van der Waals surface area contributed by atoms with Crippen LogP contribution in [-0.2, 0) is 19.4 Å². The average molecular weight is 245 g/mol. The van der Waals surface area contributed by atoms with Crippen LogP contribution < -0.4 is 0 Å². The molecule has 18 heavy (non-hydrogen) atoms. The molecule has 0 aromatic carbocycles. The largest absolute Gasteiger partial charge is 0.386 e. The smallest absolute Gasteiger partial charge is 0.101 e. The highest BCUT2D eigenvalue weighted by Crippen LogP contribution is 2.18. The van der Waals surface area contributed by atoms with Crippen LogP contribution in [0.2, 0.25) is 0 Å². The second-order valence-corrected chi connectivity index (χ2v) is 4.27. The van der Waals surface area contributed by atoms with Crippen molar-refractivity contribution in [2.45, 2.75) is 39.3 Å². The topological polar surface area (TPSA) is 50.9 Å². The van der Waals surface area contributed by atoms with E-state index >= 15 is 0 Å². The van der Waals surface area contributed by atoms with E-state index in [1.165, 1.54) is 0 Å². The molecule has 0 spiro atoms. The SMILES string of the molecule is CCc1cc(C(O)Cc2ccccn2)n(CC)n1. The lowest BCUT2D eigenvalue weighted by molar-refractivity contribution is 0.166. The number of aliphatic hydroxyl groups is 1. The van der Waals surface area contributed by atoms with Gasteiger partial charge in [0.1, 0.15) is 6.10 Å². The summed E-state index contributed by atoms with van der Waals surface area (Å²) in [6.07, 6.45) is 2.61. The van der Waals surface area contributed by atoms with Crippen molar-refractivity contribution in [3.63, 3.8) is 0 Å². The molecule has 0 fully saturated rings. The lowest BCUT2D eigenvalue weighted by atomic mass is 10.1. The molecule has 4 nitrogen and oxygen atoms in total. The van der Waals surface area contributed by atoms with Gasteiger partial charge in [-0.2, -0.15) is 5.10 Å². The van der Waals surface area contributed by atoms with Gasteiger partial charge in [-0.15, -0.1) is 0 Å². The summed E-state index contributed by atoms with van der Waals surface area (Å²) in [6.45, 7) is 4.87. The lowest BCUT2D eigenvalue weighted by Gasteiger charge is -2.11. The molecule has 0 saturated heterocycles. The van der Waals surface area contributed by atoms with E-state index in [-0.39, 0.29) is 0 Å².